The van der Waals surface area contributed by atoms with Crippen LogP contribution in [0.4, 0.5) is 5.69 Å². The number of halogens is 1. The van der Waals surface area contributed by atoms with Gasteiger partial charge in [0.15, 0.2) is 0 Å². The molecule has 1 amide bonds. The Hall–Kier alpha value is -1.58. The average Bonchev–Trinajstić information content (AvgIpc) is 2.47. The van der Waals surface area contributed by atoms with Crippen LogP contribution in [0.1, 0.15) is 5.56 Å². The number of nitriles is 1. The van der Waals surface area contributed by atoms with Crippen LogP contribution in [0.2, 0.25) is 0 Å². The van der Waals surface area contributed by atoms with E-state index in [2.05, 4.69) is 27.3 Å². The second-order valence-corrected chi connectivity index (χ2v) is 5.59. The van der Waals surface area contributed by atoms with Gasteiger partial charge < -0.3 is 15.1 Å². The molecule has 1 heterocycles. The molecule has 0 aliphatic carbocycles. The van der Waals surface area contributed by atoms with Crippen LogP contribution in [0, 0.1) is 11.3 Å². The average molecular weight is 337 g/mol. The number of anilines is 1. The summed E-state index contributed by atoms with van der Waals surface area (Å²) in [5.74, 6) is 0.0952. The molecule has 5 nitrogen and oxygen atoms in total. The summed E-state index contributed by atoms with van der Waals surface area (Å²) < 4.78 is 0.749. The Balaban J connectivity index is 2.08. The lowest BCUT2D eigenvalue weighted by Gasteiger charge is -2.30. The van der Waals surface area contributed by atoms with Crippen molar-refractivity contribution in [2.75, 3.05) is 44.7 Å². The highest BCUT2D eigenvalue weighted by Gasteiger charge is 2.19. The molecule has 0 unspecified atom stereocenters. The van der Waals surface area contributed by atoms with Crippen LogP contribution in [0.15, 0.2) is 22.7 Å². The third-order valence-electron chi connectivity index (χ3n) is 3.36. The number of benzene rings is 1. The van der Waals surface area contributed by atoms with Gasteiger partial charge in [0.1, 0.15) is 6.07 Å². The highest BCUT2D eigenvalue weighted by atomic mass is 79.9. The molecule has 0 radical (unpaired) electrons. The molecule has 2 rings (SSSR count). The number of hydrogen-bond acceptors (Lipinski definition) is 4. The Morgan fingerprint density at radius 3 is 2.85 bits per heavy atom. The topological polar surface area (TPSA) is 59.4 Å². The van der Waals surface area contributed by atoms with E-state index in [1.807, 2.05) is 35.0 Å². The molecule has 0 aromatic heterocycles. The third kappa shape index (κ3) is 3.30. The molecule has 1 aliphatic heterocycles. The van der Waals surface area contributed by atoms with Gasteiger partial charge in [0.05, 0.1) is 17.8 Å². The van der Waals surface area contributed by atoms with Crippen molar-refractivity contribution in [3.05, 3.63) is 28.2 Å². The molecule has 0 spiro atoms. The Morgan fingerprint density at radius 1 is 1.50 bits per heavy atom. The number of carbonyl (C=O) groups is 1. The van der Waals surface area contributed by atoms with Gasteiger partial charge in [0.2, 0.25) is 5.91 Å². The zero-order chi connectivity index (χ0) is 14.5. The van der Waals surface area contributed by atoms with Crippen molar-refractivity contribution in [2.45, 2.75) is 0 Å². The first-order chi connectivity index (χ1) is 9.63. The quantitative estimate of drug-likeness (QED) is 0.900. The molecular weight excluding hydrogens is 320 g/mol. The molecule has 1 fully saturated rings. The molecule has 1 saturated heterocycles. The molecule has 6 heteroatoms. The van der Waals surface area contributed by atoms with E-state index in [0.29, 0.717) is 5.56 Å². The van der Waals surface area contributed by atoms with E-state index in [-0.39, 0.29) is 12.5 Å². The Kier molecular flexibility index (Phi) is 4.99. The van der Waals surface area contributed by atoms with Crippen LogP contribution >= 0.6 is 15.9 Å². The van der Waals surface area contributed by atoms with Crippen LogP contribution in [0.3, 0.4) is 0 Å². The van der Waals surface area contributed by atoms with Gasteiger partial charge in [-0.05, 0) is 28.1 Å². The number of nitrogens with one attached hydrogen (secondary N) is 1. The van der Waals surface area contributed by atoms with Gasteiger partial charge in [-0.1, -0.05) is 6.07 Å². The molecule has 1 aromatic carbocycles. The summed E-state index contributed by atoms with van der Waals surface area (Å²) in [6.45, 7) is 3.46. The Labute approximate surface area is 127 Å². The summed E-state index contributed by atoms with van der Waals surface area (Å²) in [4.78, 5) is 15.9. The first-order valence-corrected chi connectivity index (χ1v) is 7.31. The lowest BCUT2D eigenvalue weighted by molar-refractivity contribution is -0.130. The number of amides is 1. The molecule has 20 heavy (non-hydrogen) atoms. The first kappa shape index (κ1) is 14.8. The van der Waals surface area contributed by atoms with E-state index < -0.39 is 0 Å². The van der Waals surface area contributed by atoms with Gasteiger partial charge in [0.25, 0.3) is 0 Å². The van der Waals surface area contributed by atoms with E-state index in [0.717, 1.165) is 36.3 Å². The number of nitrogens with zero attached hydrogens (tertiary/aromatic N) is 3. The van der Waals surface area contributed by atoms with Crippen LogP contribution in [0.25, 0.3) is 0 Å². The van der Waals surface area contributed by atoms with Gasteiger partial charge in [-0.3, -0.25) is 4.79 Å². The second kappa shape index (κ2) is 6.73. The standard InChI is InChI=1S/C14H17BrN4O/c1-18(10-14(20)19-7-5-17-6-8-19)13-4-2-3-12(15)11(13)9-16/h2-4,17H,5-8,10H2,1H3. The van der Waals surface area contributed by atoms with Crippen molar-refractivity contribution in [1.82, 2.24) is 10.2 Å². The number of likely N-dealkylation sites (N-methyl/N-ethyl adjacent to an activating group) is 1. The highest BCUT2D eigenvalue weighted by Crippen LogP contribution is 2.26. The molecular formula is C14H17BrN4O. The maximum absolute atomic E-state index is 12.2. The Morgan fingerprint density at radius 2 is 2.20 bits per heavy atom. The highest BCUT2D eigenvalue weighted by molar-refractivity contribution is 9.10. The Bertz CT molecular complexity index is 534. The van der Waals surface area contributed by atoms with Gasteiger partial charge >= 0.3 is 0 Å². The molecule has 1 aromatic rings. The summed E-state index contributed by atoms with van der Waals surface area (Å²) in [6.07, 6.45) is 0. The fraction of sp³-hybridized carbons (Fsp3) is 0.429. The van der Waals surface area contributed by atoms with Crippen LogP contribution in [-0.4, -0.2) is 50.6 Å². The predicted octanol–water partition coefficient (Wildman–Crippen LogP) is 1.19. The first-order valence-electron chi connectivity index (χ1n) is 6.51. The van der Waals surface area contributed by atoms with Gasteiger partial charge in [-0.15, -0.1) is 0 Å². The molecule has 0 bridgehead atoms. The van der Waals surface area contributed by atoms with Crippen LogP contribution < -0.4 is 10.2 Å². The predicted molar refractivity (Wildman–Crippen MR) is 81.6 cm³/mol. The summed E-state index contributed by atoms with van der Waals surface area (Å²) in [5, 5.41) is 12.4. The third-order valence-corrected chi connectivity index (χ3v) is 4.02. The van der Waals surface area contributed by atoms with Gasteiger partial charge in [0, 0.05) is 37.7 Å². The maximum atomic E-state index is 12.2. The van der Waals surface area contributed by atoms with Crippen molar-refractivity contribution >= 4 is 27.5 Å². The smallest absolute Gasteiger partial charge is 0.242 e. The monoisotopic (exact) mass is 336 g/mol. The van der Waals surface area contributed by atoms with Crippen molar-refractivity contribution in [1.29, 1.82) is 5.26 Å². The van der Waals surface area contributed by atoms with Gasteiger partial charge in [-0.2, -0.15) is 5.26 Å². The molecule has 1 N–H and O–H groups in total. The number of piperazine rings is 1. The fourth-order valence-corrected chi connectivity index (χ4v) is 2.69. The minimum atomic E-state index is 0.0952. The van der Waals surface area contributed by atoms with E-state index in [4.69, 9.17) is 0 Å². The van der Waals surface area contributed by atoms with E-state index in [9.17, 15) is 10.1 Å². The molecule has 0 saturated carbocycles. The SMILES string of the molecule is CN(CC(=O)N1CCNCC1)c1cccc(Br)c1C#N. The van der Waals surface area contributed by atoms with Crippen molar-refractivity contribution in [3.8, 4) is 6.07 Å². The lowest BCUT2D eigenvalue weighted by atomic mass is 10.2. The largest absolute Gasteiger partial charge is 0.364 e. The molecule has 106 valence electrons. The zero-order valence-corrected chi connectivity index (χ0v) is 13.0. The van der Waals surface area contributed by atoms with E-state index >= 15 is 0 Å². The van der Waals surface area contributed by atoms with Crippen molar-refractivity contribution in [2.24, 2.45) is 0 Å². The fourth-order valence-electron chi connectivity index (χ4n) is 2.24. The van der Waals surface area contributed by atoms with Crippen molar-refractivity contribution < 1.29 is 4.79 Å². The normalized spacial score (nSPS) is 14.8. The van der Waals surface area contributed by atoms with Crippen LogP contribution in [0.5, 0.6) is 0 Å². The molecule has 0 atom stereocenters. The van der Waals surface area contributed by atoms with E-state index in [1.54, 1.807) is 0 Å². The van der Waals surface area contributed by atoms with Gasteiger partial charge in [-0.25, -0.2) is 0 Å². The van der Waals surface area contributed by atoms with Crippen molar-refractivity contribution in [3.63, 3.8) is 0 Å². The summed E-state index contributed by atoms with van der Waals surface area (Å²) in [7, 11) is 1.84. The second-order valence-electron chi connectivity index (χ2n) is 4.73. The number of hydrogen-bond donors (Lipinski definition) is 1. The summed E-state index contributed by atoms with van der Waals surface area (Å²) >= 11 is 3.37. The number of rotatable bonds is 3. The van der Waals surface area contributed by atoms with Crippen LogP contribution in [-0.2, 0) is 4.79 Å². The summed E-state index contributed by atoms with van der Waals surface area (Å²) in [5.41, 5.74) is 1.33. The lowest BCUT2D eigenvalue weighted by Crippen LogP contribution is -2.49. The zero-order valence-electron chi connectivity index (χ0n) is 11.4. The molecule has 1 aliphatic rings. The minimum absolute atomic E-state index is 0.0952. The maximum Gasteiger partial charge on any atom is 0.242 e. The summed E-state index contributed by atoms with van der Waals surface area (Å²) in [6, 6.07) is 7.72. The minimum Gasteiger partial charge on any atom is -0.364 e. The number of carbonyl (C=O) groups excluding carboxylic acids is 1. The van der Waals surface area contributed by atoms with E-state index in [1.165, 1.54) is 0 Å².